The van der Waals surface area contributed by atoms with E-state index in [9.17, 15) is 18.6 Å². The van der Waals surface area contributed by atoms with Gasteiger partial charge in [-0.05, 0) is 30.3 Å². The summed E-state index contributed by atoms with van der Waals surface area (Å²) in [5.74, 6) is -1.52. The Kier molecular flexibility index (Phi) is 5.41. The number of para-hydroxylation sites is 1. The number of hydrogen-bond acceptors (Lipinski definition) is 5. The number of amides is 1. The number of carbonyl (C=O) groups is 2. The van der Waals surface area contributed by atoms with E-state index in [1.807, 2.05) is 0 Å². The molecule has 8 heteroatoms. The topological polar surface area (TPSA) is 94.5 Å². The number of rotatable bonds is 4. The largest absolute Gasteiger partial charge is 0.425 e. The van der Waals surface area contributed by atoms with E-state index in [4.69, 9.17) is 4.74 Å². The molecule has 28 heavy (non-hydrogen) atoms. The van der Waals surface area contributed by atoms with Gasteiger partial charge in [-0.25, -0.2) is 0 Å². The fourth-order valence-electron chi connectivity index (χ4n) is 2.84. The van der Waals surface area contributed by atoms with Crippen molar-refractivity contribution in [2.24, 2.45) is 7.05 Å². The van der Waals surface area contributed by atoms with Crippen LogP contribution in [0.3, 0.4) is 0 Å². The molecule has 7 nitrogen and oxygen atoms in total. The fraction of sp³-hybridized carbons (Fsp3) is 0.150. The first kappa shape index (κ1) is 19.5. The summed E-state index contributed by atoms with van der Waals surface area (Å²) >= 11 is 0. The molecule has 1 heterocycles. The van der Waals surface area contributed by atoms with E-state index in [1.165, 1.54) is 24.8 Å². The molecule has 1 atom stereocenters. The van der Waals surface area contributed by atoms with Gasteiger partial charge in [0, 0.05) is 47.0 Å². The van der Waals surface area contributed by atoms with Crippen molar-refractivity contribution in [2.75, 3.05) is 11.6 Å². The van der Waals surface area contributed by atoms with Crippen LogP contribution in [0.4, 0.5) is 5.69 Å². The molecule has 0 bridgehead atoms. The minimum absolute atomic E-state index is 0.147. The molecular weight excluding hydrogens is 380 g/mol. The van der Waals surface area contributed by atoms with Crippen molar-refractivity contribution in [3.8, 4) is 5.75 Å². The lowest BCUT2D eigenvalue weighted by Gasteiger charge is -2.15. The van der Waals surface area contributed by atoms with Crippen molar-refractivity contribution in [3.63, 3.8) is 0 Å². The van der Waals surface area contributed by atoms with Crippen LogP contribution in [0, 0.1) is 0 Å². The Morgan fingerprint density at radius 3 is 2.39 bits per heavy atom. The Balaban J connectivity index is 2.29. The van der Waals surface area contributed by atoms with E-state index in [1.54, 1.807) is 48.5 Å². The van der Waals surface area contributed by atoms with Crippen LogP contribution in [0.15, 0.2) is 58.2 Å². The van der Waals surface area contributed by atoms with Crippen LogP contribution in [0.25, 0.3) is 10.9 Å². The standard InChI is InChI=1S/C20H18N2O5S/c1-12(23)27-18-15-11-14(28(3)26)9-10-16(15)22(2)20(25)17(18)19(24)21-13-7-5-4-6-8-13/h4-11H,1-3H3,(H,21,24). The predicted octanol–water partition coefficient (Wildman–Crippen LogP) is 2.45. The maximum Gasteiger partial charge on any atom is 0.308 e. The summed E-state index contributed by atoms with van der Waals surface area (Å²) < 4.78 is 18.5. The molecule has 0 saturated heterocycles. The quantitative estimate of drug-likeness (QED) is 0.681. The van der Waals surface area contributed by atoms with E-state index in [0.717, 1.165) is 0 Å². The molecule has 144 valence electrons. The molecular formula is C20H18N2O5S. The summed E-state index contributed by atoms with van der Waals surface area (Å²) in [4.78, 5) is 37.9. The Morgan fingerprint density at radius 1 is 1.11 bits per heavy atom. The number of pyridine rings is 1. The minimum Gasteiger partial charge on any atom is -0.425 e. The highest BCUT2D eigenvalue weighted by atomic mass is 32.2. The molecule has 1 N–H and O–H groups in total. The zero-order valence-corrected chi connectivity index (χ0v) is 16.3. The fourth-order valence-corrected chi connectivity index (χ4v) is 3.39. The molecule has 2 aromatic carbocycles. The first-order chi connectivity index (χ1) is 13.3. The van der Waals surface area contributed by atoms with Gasteiger partial charge in [0.25, 0.3) is 11.5 Å². The minimum atomic E-state index is -1.30. The maximum atomic E-state index is 12.9. The number of ether oxygens (including phenoxy) is 1. The van der Waals surface area contributed by atoms with Gasteiger partial charge in [0.15, 0.2) is 5.75 Å². The van der Waals surface area contributed by atoms with Gasteiger partial charge in [0.1, 0.15) is 5.56 Å². The van der Waals surface area contributed by atoms with Crippen LogP contribution < -0.4 is 15.6 Å². The van der Waals surface area contributed by atoms with Crippen molar-refractivity contribution in [1.82, 2.24) is 4.57 Å². The molecule has 0 aliphatic heterocycles. The summed E-state index contributed by atoms with van der Waals surface area (Å²) in [5.41, 5.74) is 0.0363. The number of hydrogen-bond donors (Lipinski definition) is 1. The molecule has 3 aromatic rings. The maximum absolute atomic E-state index is 12.9. The van der Waals surface area contributed by atoms with Gasteiger partial charge in [-0.3, -0.25) is 18.6 Å². The Bertz CT molecular complexity index is 1170. The second kappa shape index (κ2) is 7.77. The zero-order valence-electron chi connectivity index (χ0n) is 15.5. The van der Waals surface area contributed by atoms with E-state index in [0.29, 0.717) is 21.5 Å². The average Bonchev–Trinajstić information content (AvgIpc) is 2.66. The lowest BCUT2D eigenvalue weighted by Crippen LogP contribution is -2.29. The Hall–Kier alpha value is -3.26. The molecule has 1 aromatic heterocycles. The smallest absolute Gasteiger partial charge is 0.308 e. The molecule has 3 rings (SSSR count). The SMILES string of the molecule is CC(=O)Oc1c(C(=O)Nc2ccccc2)c(=O)n(C)c2ccc(S(C)=O)cc12. The van der Waals surface area contributed by atoms with E-state index < -0.39 is 28.2 Å². The summed E-state index contributed by atoms with van der Waals surface area (Å²) in [7, 11) is 0.223. The monoisotopic (exact) mass is 398 g/mol. The molecule has 0 radical (unpaired) electrons. The number of aromatic nitrogens is 1. The number of benzene rings is 2. The lowest BCUT2D eigenvalue weighted by atomic mass is 10.1. The summed E-state index contributed by atoms with van der Waals surface area (Å²) in [6.07, 6.45) is 1.51. The van der Waals surface area contributed by atoms with Gasteiger partial charge in [0.2, 0.25) is 0 Å². The van der Waals surface area contributed by atoms with Crippen LogP contribution in [-0.4, -0.2) is 26.9 Å². The number of esters is 1. The number of aryl methyl sites for hydroxylation is 1. The van der Waals surface area contributed by atoms with Gasteiger partial charge in [-0.2, -0.15) is 0 Å². The number of nitrogens with one attached hydrogen (secondary N) is 1. The van der Waals surface area contributed by atoms with Gasteiger partial charge in [0.05, 0.1) is 5.52 Å². The van der Waals surface area contributed by atoms with Crippen LogP contribution in [-0.2, 0) is 22.6 Å². The van der Waals surface area contributed by atoms with Crippen LogP contribution in [0.2, 0.25) is 0 Å². The molecule has 1 unspecified atom stereocenters. The highest BCUT2D eigenvalue weighted by molar-refractivity contribution is 7.84. The first-order valence-corrected chi connectivity index (χ1v) is 9.90. The normalized spacial score (nSPS) is 11.8. The molecule has 0 spiro atoms. The molecule has 0 aliphatic rings. The Morgan fingerprint density at radius 2 is 1.79 bits per heavy atom. The van der Waals surface area contributed by atoms with E-state index >= 15 is 0 Å². The van der Waals surface area contributed by atoms with Gasteiger partial charge in [-0.15, -0.1) is 0 Å². The highest BCUT2D eigenvalue weighted by Gasteiger charge is 2.24. The van der Waals surface area contributed by atoms with Gasteiger partial charge in [-0.1, -0.05) is 18.2 Å². The zero-order chi connectivity index (χ0) is 20.4. The third-order valence-electron chi connectivity index (χ3n) is 4.16. The first-order valence-electron chi connectivity index (χ1n) is 8.34. The second-order valence-corrected chi connectivity index (χ2v) is 7.49. The van der Waals surface area contributed by atoms with Crippen molar-refractivity contribution in [3.05, 3.63) is 64.4 Å². The molecule has 0 aliphatic carbocycles. The Labute approximate surface area is 163 Å². The van der Waals surface area contributed by atoms with E-state index in [-0.39, 0.29) is 11.3 Å². The van der Waals surface area contributed by atoms with Crippen molar-refractivity contribution in [2.45, 2.75) is 11.8 Å². The summed E-state index contributed by atoms with van der Waals surface area (Å²) in [5, 5.41) is 2.99. The van der Waals surface area contributed by atoms with Crippen LogP contribution in [0.5, 0.6) is 5.75 Å². The number of nitrogens with zero attached hydrogens (tertiary/aromatic N) is 1. The number of fused-ring (bicyclic) bond motifs is 1. The number of anilines is 1. The average molecular weight is 398 g/mol. The van der Waals surface area contributed by atoms with Crippen molar-refractivity contribution >= 4 is 39.3 Å². The molecule has 0 saturated carbocycles. The number of carbonyl (C=O) groups excluding carboxylic acids is 2. The van der Waals surface area contributed by atoms with Crippen molar-refractivity contribution in [1.29, 1.82) is 0 Å². The van der Waals surface area contributed by atoms with E-state index in [2.05, 4.69) is 5.32 Å². The third-order valence-corrected chi connectivity index (χ3v) is 5.07. The van der Waals surface area contributed by atoms with Gasteiger partial charge >= 0.3 is 5.97 Å². The highest BCUT2D eigenvalue weighted by Crippen LogP contribution is 2.30. The predicted molar refractivity (Wildman–Crippen MR) is 107 cm³/mol. The van der Waals surface area contributed by atoms with Gasteiger partial charge < -0.3 is 14.6 Å². The van der Waals surface area contributed by atoms with Crippen LogP contribution >= 0.6 is 0 Å². The lowest BCUT2D eigenvalue weighted by molar-refractivity contribution is -0.131. The molecule has 0 fully saturated rings. The second-order valence-electron chi connectivity index (χ2n) is 6.12. The summed E-state index contributed by atoms with van der Waals surface area (Å²) in [6.45, 7) is 1.18. The molecule has 1 amide bonds. The van der Waals surface area contributed by atoms with Crippen LogP contribution in [0.1, 0.15) is 17.3 Å². The summed E-state index contributed by atoms with van der Waals surface area (Å²) in [6, 6.07) is 13.4. The third kappa shape index (κ3) is 3.72. The van der Waals surface area contributed by atoms with Crippen molar-refractivity contribution < 1.29 is 18.5 Å².